The molecule has 3 aromatic carbocycles. The Morgan fingerprint density at radius 2 is 1.49 bits per heavy atom. The first-order valence-electron chi connectivity index (χ1n) is 13.4. The first-order chi connectivity index (χ1) is 19.0. The predicted molar refractivity (Wildman–Crippen MR) is 148 cm³/mol. The molecule has 0 bridgehead atoms. The van der Waals surface area contributed by atoms with Crippen molar-refractivity contribution in [2.24, 2.45) is 0 Å². The Morgan fingerprint density at radius 3 is 2.18 bits per heavy atom. The van der Waals surface area contributed by atoms with Gasteiger partial charge < -0.3 is 28.9 Å². The van der Waals surface area contributed by atoms with Gasteiger partial charge in [-0.15, -0.1) is 0 Å². The zero-order valence-corrected chi connectivity index (χ0v) is 22.6. The molecular formula is C31H33N3O5. The summed E-state index contributed by atoms with van der Waals surface area (Å²) in [5.74, 6) is 1.62. The molecule has 6 rings (SSSR count). The second-order valence-electron chi connectivity index (χ2n) is 10.2. The van der Waals surface area contributed by atoms with Gasteiger partial charge in [-0.25, -0.2) is 0 Å². The summed E-state index contributed by atoms with van der Waals surface area (Å²) in [6.45, 7) is 3.25. The van der Waals surface area contributed by atoms with Crippen LogP contribution in [0.3, 0.4) is 0 Å². The van der Waals surface area contributed by atoms with E-state index in [0.717, 1.165) is 41.2 Å². The molecule has 3 aliphatic rings. The Morgan fingerprint density at radius 1 is 0.795 bits per heavy atom. The van der Waals surface area contributed by atoms with Crippen molar-refractivity contribution in [1.82, 2.24) is 9.80 Å². The molecule has 3 aromatic rings. The van der Waals surface area contributed by atoms with Crippen molar-refractivity contribution in [3.05, 3.63) is 82.9 Å². The number of piperazine rings is 1. The lowest BCUT2D eigenvalue weighted by atomic mass is 9.75. The van der Waals surface area contributed by atoms with Crippen molar-refractivity contribution in [2.45, 2.75) is 18.4 Å². The van der Waals surface area contributed by atoms with Gasteiger partial charge in [0, 0.05) is 44.0 Å². The fraction of sp³-hybridized carbons (Fsp3) is 0.355. The zero-order valence-electron chi connectivity index (χ0n) is 22.6. The third-order valence-electron chi connectivity index (χ3n) is 8.32. The minimum absolute atomic E-state index is 0.0237. The summed E-state index contributed by atoms with van der Waals surface area (Å²) >= 11 is 0. The number of hydrogen-bond donors (Lipinski definition) is 0. The van der Waals surface area contributed by atoms with Crippen molar-refractivity contribution in [3.8, 4) is 17.2 Å². The van der Waals surface area contributed by atoms with Crippen LogP contribution in [-0.4, -0.2) is 75.7 Å². The van der Waals surface area contributed by atoms with Crippen LogP contribution in [0.2, 0.25) is 0 Å². The van der Waals surface area contributed by atoms with Crippen molar-refractivity contribution in [1.29, 1.82) is 0 Å². The van der Waals surface area contributed by atoms with Crippen molar-refractivity contribution < 1.29 is 23.8 Å². The molecule has 0 N–H and O–H groups in total. The normalized spacial score (nSPS) is 20.1. The largest absolute Gasteiger partial charge is 0.497 e. The fourth-order valence-electron chi connectivity index (χ4n) is 6.29. The molecule has 202 valence electrons. The number of amides is 2. The number of carbonyl (C=O) groups excluding carboxylic acids is 2. The fourth-order valence-corrected chi connectivity index (χ4v) is 6.29. The summed E-state index contributed by atoms with van der Waals surface area (Å²) in [4.78, 5) is 34.2. The van der Waals surface area contributed by atoms with E-state index in [1.54, 1.807) is 21.3 Å². The Labute approximate surface area is 228 Å². The van der Waals surface area contributed by atoms with E-state index in [1.165, 1.54) is 0 Å². The average molecular weight is 528 g/mol. The molecule has 8 nitrogen and oxygen atoms in total. The Kier molecular flexibility index (Phi) is 6.54. The molecule has 1 fully saturated rings. The highest BCUT2D eigenvalue weighted by atomic mass is 16.5. The quantitative estimate of drug-likeness (QED) is 0.501. The summed E-state index contributed by atoms with van der Waals surface area (Å²) in [5.41, 5.74) is 4.58. The van der Waals surface area contributed by atoms with Crippen LogP contribution < -0.4 is 19.1 Å². The summed E-state index contributed by atoms with van der Waals surface area (Å²) in [5, 5.41) is 0. The molecule has 0 spiro atoms. The third kappa shape index (κ3) is 4.24. The average Bonchev–Trinajstić information content (AvgIpc) is 3.00. The number of hydrogen-bond acceptors (Lipinski definition) is 6. The van der Waals surface area contributed by atoms with Crippen LogP contribution in [0.25, 0.3) is 0 Å². The highest BCUT2D eigenvalue weighted by molar-refractivity contribution is 6.01. The predicted octanol–water partition coefficient (Wildman–Crippen LogP) is 3.90. The highest BCUT2D eigenvalue weighted by Gasteiger charge is 2.48. The van der Waals surface area contributed by atoms with Gasteiger partial charge in [0.2, 0.25) is 5.91 Å². The van der Waals surface area contributed by atoms with Gasteiger partial charge in [-0.1, -0.05) is 18.2 Å². The summed E-state index contributed by atoms with van der Waals surface area (Å²) < 4.78 is 16.5. The number of methoxy groups -OCH3 is 3. The van der Waals surface area contributed by atoms with Gasteiger partial charge in [-0.2, -0.15) is 0 Å². The van der Waals surface area contributed by atoms with E-state index in [0.29, 0.717) is 43.1 Å². The second kappa shape index (κ2) is 10.2. The molecule has 0 aliphatic carbocycles. The first-order valence-corrected chi connectivity index (χ1v) is 13.4. The van der Waals surface area contributed by atoms with E-state index in [-0.39, 0.29) is 11.8 Å². The molecule has 8 heteroatoms. The third-order valence-corrected chi connectivity index (χ3v) is 8.32. The van der Waals surface area contributed by atoms with Gasteiger partial charge in [-0.3, -0.25) is 9.59 Å². The number of benzene rings is 3. The Hall–Kier alpha value is -4.20. The summed E-state index contributed by atoms with van der Waals surface area (Å²) in [6, 6.07) is 19.1. The molecule has 0 saturated carbocycles. The lowest BCUT2D eigenvalue weighted by molar-refractivity contribution is -0.135. The maximum atomic E-state index is 14.4. The van der Waals surface area contributed by atoms with Crippen LogP contribution in [0.15, 0.2) is 60.7 Å². The minimum atomic E-state index is -0.497. The van der Waals surface area contributed by atoms with E-state index < -0.39 is 12.0 Å². The number of ether oxygens (including phenoxy) is 3. The lowest BCUT2D eigenvalue weighted by Gasteiger charge is -2.47. The van der Waals surface area contributed by atoms with Gasteiger partial charge in [0.15, 0.2) is 11.5 Å². The van der Waals surface area contributed by atoms with Crippen molar-refractivity contribution >= 4 is 17.5 Å². The van der Waals surface area contributed by atoms with Crippen molar-refractivity contribution in [2.75, 3.05) is 59.0 Å². The maximum absolute atomic E-state index is 14.4. The first kappa shape index (κ1) is 25.1. The monoisotopic (exact) mass is 527 g/mol. The second-order valence-corrected chi connectivity index (χ2v) is 10.2. The van der Waals surface area contributed by atoms with Gasteiger partial charge >= 0.3 is 0 Å². The zero-order chi connectivity index (χ0) is 27.1. The maximum Gasteiger partial charge on any atom is 0.254 e. The molecule has 2 amide bonds. The molecule has 2 atom stereocenters. The molecule has 39 heavy (non-hydrogen) atoms. The van der Waals surface area contributed by atoms with Crippen LogP contribution in [0, 0.1) is 0 Å². The number of rotatable bonds is 5. The molecule has 0 radical (unpaired) electrons. The van der Waals surface area contributed by atoms with E-state index >= 15 is 0 Å². The van der Waals surface area contributed by atoms with Gasteiger partial charge in [0.05, 0.1) is 33.3 Å². The lowest BCUT2D eigenvalue weighted by Crippen LogP contribution is -2.54. The van der Waals surface area contributed by atoms with E-state index in [4.69, 9.17) is 14.2 Å². The van der Waals surface area contributed by atoms with Gasteiger partial charge in [0.1, 0.15) is 5.75 Å². The Balaban J connectivity index is 1.34. The smallest absolute Gasteiger partial charge is 0.254 e. The van der Waals surface area contributed by atoms with Gasteiger partial charge in [0.25, 0.3) is 5.91 Å². The molecule has 3 aliphatic heterocycles. The topological polar surface area (TPSA) is 71.6 Å². The van der Waals surface area contributed by atoms with Crippen LogP contribution in [0.4, 0.5) is 5.69 Å². The molecular weight excluding hydrogens is 494 g/mol. The molecule has 1 saturated heterocycles. The number of fused-ring (bicyclic) bond motifs is 4. The number of carbonyl (C=O) groups is 2. The summed E-state index contributed by atoms with van der Waals surface area (Å²) in [7, 11) is 4.89. The Bertz CT molecular complexity index is 1400. The van der Waals surface area contributed by atoms with Crippen LogP contribution in [0.5, 0.6) is 17.2 Å². The number of anilines is 1. The number of nitrogens with zero attached hydrogens (tertiary/aromatic N) is 3. The van der Waals surface area contributed by atoms with Crippen LogP contribution in [-0.2, 0) is 11.2 Å². The SMILES string of the molecule is COc1ccc(N2CCN(C(=O)[C@@H]3c4ccccc4C(=O)N4CCc5cc(OC)c(OC)cc5[C@H]34)CC2)cc1. The highest BCUT2D eigenvalue weighted by Crippen LogP contribution is 2.49. The van der Waals surface area contributed by atoms with Crippen LogP contribution >= 0.6 is 0 Å². The molecule has 3 heterocycles. The summed E-state index contributed by atoms with van der Waals surface area (Å²) in [6.07, 6.45) is 0.696. The van der Waals surface area contributed by atoms with E-state index in [9.17, 15) is 9.59 Å². The molecule has 0 unspecified atom stereocenters. The van der Waals surface area contributed by atoms with Crippen molar-refractivity contribution in [3.63, 3.8) is 0 Å². The van der Waals surface area contributed by atoms with Crippen LogP contribution in [0.1, 0.15) is 39.0 Å². The molecule has 0 aromatic heterocycles. The minimum Gasteiger partial charge on any atom is -0.497 e. The van der Waals surface area contributed by atoms with Gasteiger partial charge in [-0.05, 0) is 65.6 Å². The standard InChI is InChI=1S/C31H33N3O5/c1-37-22-10-8-21(9-11-22)32-14-16-33(17-15-32)31(36)28-23-6-4-5-7-24(23)30(35)34-13-12-20-18-26(38-2)27(39-3)19-25(20)29(28)34/h4-11,18-19,28-29H,12-17H2,1-3H3/t28-,29-/m1/s1. The van der Waals surface area contributed by atoms with E-state index in [1.807, 2.05) is 58.3 Å². The van der Waals surface area contributed by atoms with E-state index in [2.05, 4.69) is 17.0 Å².